The van der Waals surface area contributed by atoms with E-state index in [1.54, 1.807) is 6.92 Å². The maximum atomic E-state index is 12.4. The molecule has 0 saturated heterocycles. The van der Waals surface area contributed by atoms with E-state index in [1.807, 2.05) is 0 Å². The minimum Gasteiger partial charge on any atom is -0.383 e. The minimum atomic E-state index is -3.59. The summed E-state index contributed by atoms with van der Waals surface area (Å²) in [5.41, 5.74) is 0.413. The number of methoxy groups -OCH3 is 1. The zero-order valence-electron chi connectivity index (χ0n) is 10.2. The molecule has 0 spiro atoms. The molecule has 0 bridgehead atoms. The van der Waals surface area contributed by atoms with Crippen LogP contribution in [0.2, 0.25) is 4.47 Å². The Kier molecular flexibility index (Phi) is 5.74. The van der Waals surface area contributed by atoms with E-state index in [0.29, 0.717) is 12.3 Å². The van der Waals surface area contributed by atoms with Crippen LogP contribution in [0.15, 0.2) is 16.9 Å². The first-order valence-corrected chi connectivity index (χ1v) is 7.79. The first-order chi connectivity index (χ1) is 8.43. The van der Waals surface area contributed by atoms with Crippen LogP contribution in [0.3, 0.4) is 0 Å². The standard InChI is InChI=1S/C10H15ClN2O3S2/c1-4-5-13(6-7-16-3)18(14,15)9-8(2)12-10(11)17-9/h4H,1,5-7H2,2-3H3. The van der Waals surface area contributed by atoms with Crippen LogP contribution in [0, 0.1) is 6.92 Å². The number of rotatable bonds is 7. The summed E-state index contributed by atoms with van der Waals surface area (Å²) < 4.78 is 31.4. The highest BCUT2D eigenvalue weighted by atomic mass is 35.5. The maximum absolute atomic E-state index is 12.4. The average Bonchev–Trinajstić information content (AvgIpc) is 2.64. The van der Waals surface area contributed by atoms with Crippen LogP contribution in [0.25, 0.3) is 0 Å². The fraction of sp³-hybridized carbons (Fsp3) is 0.500. The SMILES string of the molecule is C=CCN(CCOC)S(=O)(=O)c1sc(Cl)nc1C. The zero-order valence-corrected chi connectivity index (χ0v) is 12.6. The molecule has 102 valence electrons. The summed E-state index contributed by atoms with van der Waals surface area (Å²) in [4.78, 5) is 3.92. The van der Waals surface area contributed by atoms with Gasteiger partial charge in [-0.2, -0.15) is 4.31 Å². The number of halogens is 1. The van der Waals surface area contributed by atoms with Crippen LogP contribution in [-0.2, 0) is 14.8 Å². The second-order valence-corrected chi connectivity index (χ2v) is 7.20. The Morgan fingerprint density at radius 1 is 1.61 bits per heavy atom. The Morgan fingerprint density at radius 3 is 2.72 bits per heavy atom. The van der Waals surface area contributed by atoms with Gasteiger partial charge < -0.3 is 4.74 Å². The molecule has 0 aliphatic heterocycles. The smallest absolute Gasteiger partial charge is 0.254 e. The van der Waals surface area contributed by atoms with E-state index in [0.717, 1.165) is 11.3 Å². The summed E-state index contributed by atoms with van der Waals surface area (Å²) in [5, 5.41) is 0. The quantitative estimate of drug-likeness (QED) is 0.722. The Hall–Kier alpha value is -0.470. The molecular formula is C10H15ClN2O3S2. The van der Waals surface area contributed by atoms with Gasteiger partial charge in [0, 0.05) is 20.2 Å². The number of nitrogens with zero attached hydrogens (tertiary/aromatic N) is 2. The third-order valence-electron chi connectivity index (χ3n) is 2.18. The molecule has 8 heteroatoms. The molecule has 0 unspecified atom stereocenters. The molecule has 1 aromatic heterocycles. The number of aromatic nitrogens is 1. The monoisotopic (exact) mass is 310 g/mol. The van der Waals surface area contributed by atoms with Gasteiger partial charge in [0.2, 0.25) is 0 Å². The fourth-order valence-electron chi connectivity index (χ4n) is 1.35. The van der Waals surface area contributed by atoms with Gasteiger partial charge >= 0.3 is 0 Å². The van der Waals surface area contributed by atoms with Crippen molar-refractivity contribution in [1.29, 1.82) is 0 Å². The molecule has 0 aliphatic rings. The summed E-state index contributed by atoms with van der Waals surface area (Å²) in [6.45, 7) is 5.99. The first-order valence-electron chi connectivity index (χ1n) is 5.16. The van der Waals surface area contributed by atoms with Crippen molar-refractivity contribution in [1.82, 2.24) is 9.29 Å². The lowest BCUT2D eigenvalue weighted by Gasteiger charge is -2.19. The number of thiazole rings is 1. The van der Waals surface area contributed by atoms with E-state index in [1.165, 1.54) is 17.5 Å². The highest BCUT2D eigenvalue weighted by molar-refractivity contribution is 7.91. The second kappa shape index (κ2) is 6.63. The Labute approximate surface area is 116 Å². The fourth-order valence-corrected chi connectivity index (χ4v) is 4.62. The van der Waals surface area contributed by atoms with Gasteiger partial charge in [-0.3, -0.25) is 0 Å². The predicted molar refractivity (Wildman–Crippen MR) is 72.7 cm³/mol. The van der Waals surface area contributed by atoms with Gasteiger partial charge in [-0.1, -0.05) is 29.0 Å². The predicted octanol–water partition coefficient (Wildman–Crippen LogP) is 1.93. The molecule has 0 atom stereocenters. The van der Waals surface area contributed by atoms with E-state index in [-0.39, 0.29) is 21.8 Å². The lowest BCUT2D eigenvalue weighted by molar-refractivity contribution is 0.182. The second-order valence-electron chi connectivity index (χ2n) is 3.48. The maximum Gasteiger partial charge on any atom is 0.254 e. The third-order valence-corrected chi connectivity index (χ3v) is 5.89. The van der Waals surface area contributed by atoms with Gasteiger partial charge in [0.25, 0.3) is 10.0 Å². The summed E-state index contributed by atoms with van der Waals surface area (Å²) in [6, 6.07) is 0. The number of sulfonamides is 1. The topological polar surface area (TPSA) is 59.5 Å². The lowest BCUT2D eigenvalue weighted by atomic mass is 10.6. The van der Waals surface area contributed by atoms with Crippen LogP contribution in [0.4, 0.5) is 0 Å². The number of hydrogen-bond donors (Lipinski definition) is 0. The Bertz CT molecular complexity index is 513. The molecular weight excluding hydrogens is 296 g/mol. The molecule has 1 heterocycles. The van der Waals surface area contributed by atoms with Crippen LogP contribution in [0.5, 0.6) is 0 Å². The van der Waals surface area contributed by atoms with Crippen LogP contribution < -0.4 is 0 Å². The van der Waals surface area contributed by atoms with Crippen molar-refractivity contribution >= 4 is 33.0 Å². The third kappa shape index (κ3) is 3.52. The summed E-state index contributed by atoms with van der Waals surface area (Å²) in [6.07, 6.45) is 1.53. The van der Waals surface area contributed by atoms with E-state index >= 15 is 0 Å². The van der Waals surface area contributed by atoms with E-state index in [2.05, 4.69) is 11.6 Å². The van der Waals surface area contributed by atoms with Crippen molar-refractivity contribution in [2.24, 2.45) is 0 Å². The van der Waals surface area contributed by atoms with Crippen molar-refractivity contribution in [2.75, 3.05) is 26.8 Å². The molecule has 0 saturated carbocycles. The number of ether oxygens (including phenoxy) is 1. The largest absolute Gasteiger partial charge is 0.383 e. The molecule has 0 aromatic carbocycles. The van der Waals surface area contributed by atoms with Gasteiger partial charge in [0.1, 0.15) is 0 Å². The normalized spacial score (nSPS) is 12.0. The zero-order chi connectivity index (χ0) is 13.8. The summed E-state index contributed by atoms with van der Waals surface area (Å²) >= 11 is 6.70. The van der Waals surface area contributed by atoms with Gasteiger partial charge in [0.05, 0.1) is 12.3 Å². The van der Waals surface area contributed by atoms with E-state index in [9.17, 15) is 8.42 Å². The molecule has 1 rings (SSSR count). The van der Waals surface area contributed by atoms with E-state index in [4.69, 9.17) is 16.3 Å². The highest BCUT2D eigenvalue weighted by Crippen LogP contribution is 2.29. The van der Waals surface area contributed by atoms with Crippen molar-refractivity contribution in [2.45, 2.75) is 11.1 Å². The van der Waals surface area contributed by atoms with Crippen LogP contribution >= 0.6 is 22.9 Å². The van der Waals surface area contributed by atoms with Crippen LogP contribution in [-0.4, -0.2) is 44.5 Å². The first kappa shape index (κ1) is 15.6. The molecule has 0 aliphatic carbocycles. The van der Waals surface area contributed by atoms with Gasteiger partial charge in [0.15, 0.2) is 8.68 Å². The Morgan fingerprint density at radius 2 is 2.28 bits per heavy atom. The average molecular weight is 311 g/mol. The van der Waals surface area contributed by atoms with Crippen molar-refractivity contribution in [3.05, 3.63) is 22.8 Å². The van der Waals surface area contributed by atoms with Gasteiger partial charge in [-0.25, -0.2) is 13.4 Å². The van der Waals surface area contributed by atoms with Crippen molar-refractivity contribution in [3.63, 3.8) is 0 Å². The van der Waals surface area contributed by atoms with E-state index < -0.39 is 10.0 Å². The molecule has 0 amide bonds. The molecule has 0 radical (unpaired) electrons. The molecule has 18 heavy (non-hydrogen) atoms. The molecule has 0 fully saturated rings. The lowest BCUT2D eigenvalue weighted by Crippen LogP contribution is -2.34. The number of aryl methyl sites for hydroxylation is 1. The van der Waals surface area contributed by atoms with Crippen molar-refractivity contribution in [3.8, 4) is 0 Å². The highest BCUT2D eigenvalue weighted by Gasteiger charge is 2.28. The summed E-state index contributed by atoms with van der Waals surface area (Å²) in [5.74, 6) is 0. The van der Waals surface area contributed by atoms with Gasteiger partial charge in [-0.15, -0.1) is 6.58 Å². The van der Waals surface area contributed by atoms with Crippen molar-refractivity contribution < 1.29 is 13.2 Å². The number of hydrogen-bond acceptors (Lipinski definition) is 5. The molecule has 0 N–H and O–H groups in total. The Balaban J connectivity index is 3.08. The minimum absolute atomic E-state index is 0.172. The molecule has 5 nitrogen and oxygen atoms in total. The molecule has 1 aromatic rings. The summed E-state index contributed by atoms with van der Waals surface area (Å²) in [7, 11) is -2.07. The van der Waals surface area contributed by atoms with Crippen LogP contribution in [0.1, 0.15) is 5.69 Å². The van der Waals surface area contributed by atoms with Gasteiger partial charge in [-0.05, 0) is 6.92 Å².